The molecule has 0 radical (unpaired) electrons. The van der Waals surface area contributed by atoms with E-state index in [1.807, 2.05) is 31.2 Å². The lowest BCUT2D eigenvalue weighted by molar-refractivity contribution is 0.0935. The van der Waals surface area contributed by atoms with Gasteiger partial charge in [-0.05, 0) is 25.0 Å². The summed E-state index contributed by atoms with van der Waals surface area (Å²) in [7, 11) is 3.15. The highest BCUT2D eigenvalue weighted by atomic mass is 16.5. The van der Waals surface area contributed by atoms with Crippen LogP contribution in [0.4, 0.5) is 5.95 Å². The molecule has 10 heteroatoms. The Morgan fingerprint density at radius 1 is 1.30 bits per heavy atom. The number of aryl methyl sites for hydroxylation is 2. The maximum atomic E-state index is 12.5. The molecule has 0 fully saturated rings. The van der Waals surface area contributed by atoms with Gasteiger partial charge in [0.05, 0.1) is 6.54 Å². The Morgan fingerprint density at radius 2 is 2.07 bits per heavy atom. The number of aromatic nitrogens is 4. The third-order valence-electron chi connectivity index (χ3n) is 4.73. The van der Waals surface area contributed by atoms with Gasteiger partial charge in [-0.3, -0.25) is 14.3 Å². The maximum Gasteiger partial charge on any atom is 0.329 e. The fourth-order valence-corrected chi connectivity index (χ4v) is 3.13. The van der Waals surface area contributed by atoms with Crippen molar-refractivity contribution in [1.29, 1.82) is 0 Å². The van der Waals surface area contributed by atoms with Crippen molar-refractivity contribution in [3.05, 3.63) is 50.7 Å². The largest absolute Gasteiger partial charge is 0.491 e. The van der Waals surface area contributed by atoms with Gasteiger partial charge in [-0.2, -0.15) is 4.98 Å². The number of imidazole rings is 1. The van der Waals surface area contributed by atoms with E-state index in [1.165, 1.54) is 11.6 Å². The van der Waals surface area contributed by atoms with E-state index in [-0.39, 0.29) is 24.3 Å². The van der Waals surface area contributed by atoms with Crippen LogP contribution in [-0.4, -0.2) is 57.2 Å². The lowest BCUT2D eigenvalue weighted by Crippen LogP contribution is -2.31. The molecule has 0 bridgehead atoms. The van der Waals surface area contributed by atoms with Gasteiger partial charge in [0, 0.05) is 27.3 Å². The number of anilines is 1. The van der Waals surface area contributed by atoms with E-state index < -0.39 is 17.4 Å². The number of nitrogens with zero attached hydrogens (tertiary/aromatic N) is 3. The average molecular weight is 417 g/mol. The molecular weight excluding hydrogens is 390 g/mol. The Morgan fingerprint density at radius 3 is 2.80 bits per heavy atom. The Balaban J connectivity index is 1.86. The molecule has 2 heterocycles. The number of benzene rings is 1. The van der Waals surface area contributed by atoms with Crippen molar-refractivity contribution >= 4 is 17.1 Å². The zero-order valence-corrected chi connectivity index (χ0v) is 17.3. The number of aliphatic hydroxyl groups excluding tert-OH is 1. The molecule has 3 aromatic rings. The van der Waals surface area contributed by atoms with E-state index >= 15 is 0 Å². The number of nitrogens with one attached hydrogen (secondary N) is 2. The summed E-state index contributed by atoms with van der Waals surface area (Å²) in [6, 6.07) is 7.53. The molecule has 10 nitrogen and oxygen atoms in total. The maximum absolute atomic E-state index is 12.5. The van der Waals surface area contributed by atoms with Crippen molar-refractivity contribution in [3.63, 3.8) is 0 Å². The third-order valence-corrected chi connectivity index (χ3v) is 4.73. The summed E-state index contributed by atoms with van der Waals surface area (Å²) in [6.45, 7) is 3.15. The molecule has 0 spiro atoms. The van der Waals surface area contributed by atoms with Gasteiger partial charge in [0.25, 0.3) is 5.56 Å². The van der Waals surface area contributed by atoms with Gasteiger partial charge >= 0.3 is 5.69 Å². The van der Waals surface area contributed by atoms with Gasteiger partial charge in [0.2, 0.25) is 5.95 Å². The number of rotatable bonds is 10. The second-order valence-corrected chi connectivity index (χ2v) is 7.04. The van der Waals surface area contributed by atoms with Crippen LogP contribution in [0.1, 0.15) is 12.0 Å². The number of para-hydroxylation sites is 1. The zero-order valence-electron chi connectivity index (χ0n) is 17.3. The monoisotopic (exact) mass is 417 g/mol. The summed E-state index contributed by atoms with van der Waals surface area (Å²) in [5.41, 5.74) is 0.306. The second-order valence-electron chi connectivity index (χ2n) is 7.04. The summed E-state index contributed by atoms with van der Waals surface area (Å²) < 4.78 is 13.6. The molecule has 30 heavy (non-hydrogen) atoms. The van der Waals surface area contributed by atoms with E-state index in [2.05, 4.69) is 15.3 Å². The van der Waals surface area contributed by atoms with Crippen molar-refractivity contribution in [3.8, 4) is 5.75 Å². The van der Waals surface area contributed by atoms with Crippen molar-refractivity contribution in [2.75, 3.05) is 32.2 Å². The van der Waals surface area contributed by atoms with Crippen LogP contribution in [0.15, 0.2) is 33.9 Å². The SMILES string of the molecule is COCCCNc1nc2c(c(=O)[nH]c(=O)n2C)n1C[C@H](O)COc1ccccc1C. The van der Waals surface area contributed by atoms with Crippen molar-refractivity contribution in [1.82, 2.24) is 19.1 Å². The first-order chi connectivity index (χ1) is 14.4. The number of methoxy groups -OCH3 is 1. The van der Waals surface area contributed by atoms with Crippen molar-refractivity contribution < 1.29 is 14.6 Å². The normalized spacial score (nSPS) is 12.3. The summed E-state index contributed by atoms with van der Waals surface area (Å²) >= 11 is 0. The molecule has 1 atom stereocenters. The van der Waals surface area contributed by atoms with Crippen molar-refractivity contribution in [2.45, 2.75) is 26.0 Å². The predicted octanol–water partition coefficient (Wildman–Crippen LogP) is 0.620. The van der Waals surface area contributed by atoms with Gasteiger partial charge in [-0.1, -0.05) is 18.2 Å². The lowest BCUT2D eigenvalue weighted by Gasteiger charge is -2.16. The highest BCUT2D eigenvalue weighted by Gasteiger charge is 2.20. The number of H-pyrrole nitrogens is 1. The van der Waals surface area contributed by atoms with Gasteiger partial charge in [-0.15, -0.1) is 0 Å². The average Bonchev–Trinajstić information content (AvgIpc) is 3.07. The molecule has 0 aliphatic heterocycles. The molecule has 3 N–H and O–H groups in total. The van der Waals surface area contributed by atoms with Crippen LogP contribution in [0.5, 0.6) is 5.75 Å². The molecule has 0 aliphatic rings. The van der Waals surface area contributed by atoms with Crippen LogP contribution in [0, 0.1) is 6.92 Å². The molecule has 0 saturated heterocycles. The fourth-order valence-electron chi connectivity index (χ4n) is 3.13. The van der Waals surface area contributed by atoms with E-state index in [0.717, 1.165) is 12.0 Å². The van der Waals surface area contributed by atoms with Crippen LogP contribution in [0.2, 0.25) is 0 Å². The molecule has 3 rings (SSSR count). The topological polar surface area (TPSA) is 123 Å². The number of hydrogen-bond donors (Lipinski definition) is 3. The lowest BCUT2D eigenvalue weighted by atomic mass is 10.2. The minimum absolute atomic E-state index is 0.0390. The van der Waals surface area contributed by atoms with Crippen LogP contribution >= 0.6 is 0 Å². The molecule has 2 aromatic heterocycles. The van der Waals surface area contributed by atoms with E-state index in [0.29, 0.717) is 24.8 Å². The van der Waals surface area contributed by atoms with Gasteiger partial charge in [-0.25, -0.2) is 4.79 Å². The summed E-state index contributed by atoms with van der Waals surface area (Å²) in [4.78, 5) is 31.1. The standard InChI is InChI=1S/C20H27N5O5/c1-13-7-4-5-8-15(13)30-12-14(26)11-25-16-17(24(2)20(28)23-18(16)27)22-19(25)21-9-6-10-29-3/h4-5,7-8,14,26H,6,9-12H2,1-3H3,(H,21,22)(H,23,27,28)/t14-/m0/s1. The van der Waals surface area contributed by atoms with Crippen LogP contribution in [0.25, 0.3) is 11.2 Å². The Hall–Kier alpha value is -3.11. The van der Waals surface area contributed by atoms with Gasteiger partial charge in [0.15, 0.2) is 11.2 Å². The highest BCUT2D eigenvalue weighted by molar-refractivity contribution is 5.74. The van der Waals surface area contributed by atoms with Crippen LogP contribution in [0.3, 0.4) is 0 Å². The minimum Gasteiger partial charge on any atom is -0.491 e. The van der Waals surface area contributed by atoms with E-state index in [9.17, 15) is 14.7 Å². The Labute approximate surface area is 173 Å². The van der Waals surface area contributed by atoms with E-state index in [4.69, 9.17) is 9.47 Å². The molecule has 162 valence electrons. The van der Waals surface area contributed by atoms with Gasteiger partial charge in [0.1, 0.15) is 18.5 Å². The molecule has 0 saturated carbocycles. The van der Waals surface area contributed by atoms with Gasteiger partial charge < -0.3 is 24.5 Å². The summed E-state index contributed by atoms with van der Waals surface area (Å²) in [6.07, 6.45) is -0.174. The number of hydrogen-bond acceptors (Lipinski definition) is 7. The molecular formula is C20H27N5O5. The Kier molecular flexibility index (Phi) is 6.91. The predicted molar refractivity (Wildman–Crippen MR) is 113 cm³/mol. The first-order valence-corrected chi connectivity index (χ1v) is 9.71. The third kappa shape index (κ3) is 4.71. The second kappa shape index (κ2) is 9.59. The molecule has 0 aliphatic carbocycles. The minimum atomic E-state index is -0.904. The number of aliphatic hydroxyl groups is 1. The smallest absolute Gasteiger partial charge is 0.329 e. The van der Waals surface area contributed by atoms with Crippen LogP contribution in [-0.2, 0) is 18.3 Å². The first kappa shape index (κ1) is 21.6. The van der Waals surface area contributed by atoms with Crippen LogP contribution < -0.4 is 21.3 Å². The summed E-state index contributed by atoms with van der Waals surface area (Å²) in [5, 5.41) is 13.7. The quantitative estimate of drug-likeness (QED) is 0.413. The first-order valence-electron chi connectivity index (χ1n) is 9.71. The molecule has 0 amide bonds. The number of fused-ring (bicyclic) bond motifs is 1. The number of ether oxygens (including phenoxy) is 2. The number of aromatic amines is 1. The van der Waals surface area contributed by atoms with Crippen molar-refractivity contribution in [2.24, 2.45) is 7.05 Å². The summed E-state index contributed by atoms with van der Waals surface area (Å²) in [5.74, 6) is 1.08. The van der Waals surface area contributed by atoms with E-state index in [1.54, 1.807) is 11.7 Å². The Bertz CT molecular complexity index is 1120. The highest BCUT2D eigenvalue weighted by Crippen LogP contribution is 2.18. The molecule has 1 aromatic carbocycles. The molecule has 0 unspecified atom stereocenters. The zero-order chi connectivity index (χ0) is 21.7. The fraction of sp³-hybridized carbons (Fsp3) is 0.450.